The summed E-state index contributed by atoms with van der Waals surface area (Å²) in [6.45, 7) is 6.16. The van der Waals surface area contributed by atoms with Crippen molar-refractivity contribution < 1.29 is 4.79 Å². The first-order chi connectivity index (χ1) is 10.0. The maximum Gasteiger partial charge on any atom is 0.229 e. The molecule has 1 aromatic heterocycles. The summed E-state index contributed by atoms with van der Waals surface area (Å²) in [6, 6.07) is 7.47. The van der Waals surface area contributed by atoms with Gasteiger partial charge in [-0.15, -0.1) is 0 Å². The van der Waals surface area contributed by atoms with E-state index < -0.39 is 0 Å². The van der Waals surface area contributed by atoms with Gasteiger partial charge in [-0.25, -0.2) is 4.98 Å². The molecule has 0 saturated heterocycles. The zero-order valence-corrected chi connectivity index (χ0v) is 12.6. The van der Waals surface area contributed by atoms with E-state index in [0.717, 1.165) is 17.1 Å². The van der Waals surface area contributed by atoms with Gasteiger partial charge in [-0.2, -0.15) is 5.10 Å². The number of aromatic amines is 1. The lowest BCUT2D eigenvalue weighted by atomic mass is 9.95. The van der Waals surface area contributed by atoms with Crippen molar-refractivity contribution in [3.8, 4) is 11.4 Å². The summed E-state index contributed by atoms with van der Waals surface area (Å²) in [7, 11) is 0. The van der Waals surface area contributed by atoms with Crippen LogP contribution in [0.4, 0.5) is 5.69 Å². The molecule has 4 N–H and O–H groups in total. The number of hydrogen-bond donors (Lipinski definition) is 3. The highest BCUT2D eigenvalue weighted by Crippen LogP contribution is 2.20. The van der Waals surface area contributed by atoms with Crippen LogP contribution in [0.1, 0.15) is 19.7 Å². The van der Waals surface area contributed by atoms with Crippen molar-refractivity contribution in [3.05, 3.63) is 30.1 Å². The number of hydrogen-bond acceptors (Lipinski definition) is 4. The Bertz CT molecular complexity index is 620. The molecule has 112 valence electrons. The van der Waals surface area contributed by atoms with Crippen LogP contribution in [0.15, 0.2) is 24.3 Å². The van der Waals surface area contributed by atoms with E-state index in [4.69, 9.17) is 5.73 Å². The molecule has 0 aliphatic heterocycles. The van der Waals surface area contributed by atoms with Gasteiger partial charge in [0.05, 0.1) is 5.92 Å². The molecule has 6 heteroatoms. The number of nitrogens with one attached hydrogen (secondary N) is 2. The second kappa shape index (κ2) is 6.49. The first kappa shape index (κ1) is 15.2. The Morgan fingerprint density at radius 3 is 2.76 bits per heavy atom. The molecule has 1 amide bonds. The Balaban J connectivity index is 2.16. The summed E-state index contributed by atoms with van der Waals surface area (Å²) in [5.41, 5.74) is 7.24. The third-order valence-electron chi connectivity index (χ3n) is 3.38. The molecule has 0 aliphatic rings. The molecule has 6 nitrogen and oxygen atoms in total. The molecule has 0 spiro atoms. The number of nitrogens with zero attached hydrogens (tertiary/aromatic N) is 2. The number of benzene rings is 1. The summed E-state index contributed by atoms with van der Waals surface area (Å²) in [4.78, 5) is 16.5. The van der Waals surface area contributed by atoms with E-state index in [1.807, 2.05) is 45.0 Å². The minimum absolute atomic E-state index is 0.0594. The highest BCUT2D eigenvalue weighted by Gasteiger charge is 2.20. The molecule has 0 radical (unpaired) electrons. The molecule has 1 unspecified atom stereocenters. The van der Waals surface area contributed by atoms with E-state index in [1.165, 1.54) is 0 Å². The first-order valence-electron chi connectivity index (χ1n) is 7.01. The standard InChI is InChI=1S/C15H21N5O/c1-9(2)13(8-16)15(21)18-12-6-4-5-11(7-12)14-17-10(3)19-20-14/h4-7,9,13H,8,16H2,1-3H3,(H,18,21)(H,17,19,20). The van der Waals surface area contributed by atoms with Crippen molar-refractivity contribution in [2.75, 3.05) is 11.9 Å². The van der Waals surface area contributed by atoms with Gasteiger partial charge in [0, 0.05) is 17.8 Å². The molecule has 1 atom stereocenters. The molecule has 0 aliphatic carbocycles. The Kier molecular flexibility index (Phi) is 4.70. The largest absolute Gasteiger partial charge is 0.330 e. The number of aryl methyl sites for hydroxylation is 1. The normalized spacial score (nSPS) is 12.4. The van der Waals surface area contributed by atoms with Gasteiger partial charge in [-0.3, -0.25) is 9.89 Å². The zero-order valence-electron chi connectivity index (χ0n) is 12.6. The lowest BCUT2D eigenvalue weighted by Gasteiger charge is -2.18. The van der Waals surface area contributed by atoms with Gasteiger partial charge in [0.25, 0.3) is 0 Å². The third kappa shape index (κ3) is 3.66. The molecule has 21 heavy (non-hydrogen) atoms. The molecule has 0 bridgehead atoms. The predicted octanol–water partition coefficient (Wildman–Crippen LogP) is 1.95. The monoisotopic (exact) mass is 287 g/mol. The van der Waals surface area contributed by atoms with Gasteiger partial charge in [0.2, 0.25) is 5.91 Å². The van der Waals surface area contributed by atoms with Crippen LogP contribution in [-0.4, -0.2) is 27.6 Å². The van der Waals surface area contributed by atoms with Crippen LogP contribution in [0.3, 0.4) is 0 Å². The number of carbonyl (C=O) groups excluding carboxylic acids is 1. The maximum absolute atomic E-state index is 12.2. The molecule has 2 aromatic rings. The topological polar surface area (TPSA) is 96.7 Å². The SMILES string of the molecule is Cc1nc(-c2cccc(NC(=O)C(CN)C(C)C)c2)n[nH]1. The number of H-pyrrole nitrogens is 1. The van der Waals surface area contributed by atoms with Crippen molar-refractivity contribution >= 4 is 11.6 Å². The summed E-state index contributed by atoms with van der Waals surface area (Å²) in [6.07, 6.45) is 0. The third-order valence-corrected chi connectivity index (χ3v) is 3.38. The Labute approximate surface area is 124 Å². The quantitative estimate of drug-likeness (QED) is 0.783. The lowest BCUT2D eigenvalue weighted by molar-refractivity contribution is -0.120. The first-order valence-corrected chi connectivity index (χ1v) is 7.01. The summed E-state index contributed by atoms with van der Waals surface area (Å²) >= 11 is 0. The van der Waals surface area contributed by atoms with Gasteiger partial charge in [0.1, 0.15) is 5.82 Å². The van der Waals surface area contributed by atoms with Gasteiger partial charge >= 0.3 is 0 Å². The fraction of sp³-hybridized carbons (Fsp3) is 0.400. The Morgan fingerprint density at radius 1 is 1.43 bits per heavy atom. The number of aromatic nitrogens is 3. The predicted molar refractivity (Wildman–Crippen MR) is 82.6 cm³/mol. The number of anilines is 1. The van der Waals surface area contributed by atoms with E-state index in [1.54, 1.807) is 0 Å². The van der Waals surface area contributed by atoms with Crippen LogP contribution in [0.5, 0.6) is 0 Å². The molecule has 0 fully saturated rings. The fourth-order valence-electron chi connectivity index (χ4n) is 2.12. The Hall–Kier alpha value is -2.21. The summed E-state index contributed by atoms with van der Waals surface area (Å²) in [5.74, 6) is 1.31. The van der Waals surface area contributed by atoms with Crippen LogP contribution >= 0.6 is 0 Å². The van der Waals surface area contributed by atoms with Crippen molar-refractivity contribution in [1.82, 2.24) is 15.2 Å². The van der Waals surface area contributed by atoms with Crippen molar-refractivity contribution in [2.24, 2.45) is 17.6 Å². The fourth-order valence-corrected chi connectivity index (χ4v) is 2.12. The molecule has 0 saturated carbocycles. The molecule has 1 heterocycles. The molecule has 2 rings (SSSR count). The van der Waals surface area contributed by atoms with Crippen LogP contribution in [-0.2, 0) is 4.79 Å². The minimum Gasteiger partial charge on any atom is -0.330 e. The number of amides is 1. The molecular weight excluding hydrogens is 266 g/mol. The number of carbonyl (C=O) groups is 1. The summed E-state index contributed by atoms with van der Waals surface area (Å²) < 4.78 is 0. The van der Waals surface area contributed by atoms with Gasteiger partial charge < -0.3 is 11.1 Å². The lowest BCUT2D eigenvalue weighted by Crippen LogP contribution is -2.33. The van der Waals surface area contributed by atoms with Gasteiger partial charge in [-0.05, 0) is 25.0 Å². The van der Waals surface area contributed by atoms with E-state index >= 15 is 0 Å². The number of nitrogens with two attached hydrogens (primary N) is 1. The second-order valence-corrected chi connectivity index (χ2v) is 5.40. The highest BCUT2D eigenvalue weighted by atomic mass is 16.1. The van der Waals surface area contributed by atoms with Gasteiger partial charge in [0.15, 0.2) is 5.82 Å². The average molecular weight is 287 g/mol. The average Bonchev–Trinajstić information content (AvgIpc) is 2.86. The van der Waals surface area contributed by atoms with E-state index in [2.05, 4.69) is 20.5 Å². The van der Waals surface area contributed by atoms with E-state index in [-0.39, 0.29) is 17.7 Å². The van der Waals surface area contributed by atoms with Crippen LogP contribution in [0.25, 0.3) is 11.4 Å². The van der Waals surface area contributed by atoms with Gasteiger partial charge in [-0.1, -0.05) is 26.0 Å². The number of rotatable bonds is 5. The van der Waals surface area contributed by atoms with E-state index in [0.29, 0.717) is 12.4 Å². The minimum atomic E-state index is -0.195. The van der Waals surface area contributed by atoms with Crippen molar-refractivity contribution in [1.29, 1.82) is 0 Å². The smallest absolute Gasteiger partial charge is 0.229 e. The second-order valence-electron chi connectivity index (χ2n) is 5.40. The van der Waals surface area contributed by atoms with Crippen LogP contribution in [0, 0.1) is 18.8 Å². The van der Waals surface area contributed by atoms with Crippen LogP contribution in [0.2, 0.25) is 0 Å². The highest BCUT2D eigenvalue weighted by molar-refractivity contribution is 5.93. The maximum atomic E-state index is 12.2. The van der Waals surface area contributed by atoms with Crippen molar-refractivity contribution in [2.45, 2.75) is 20.8 Å². The van der Waals surface area contributed by atoms with E-state index in [9.17, 15) is 4.79 Å². The van der Waals surface area contributed by atoms with Crippen molar-refractivity contribution in [3.63, 3.8) is 0 Å². The summed E-state index contributed by atoms with van der Waals surface area (Å²) in [5, 5.41) is 9.83. The Morgan fingerprint density at radius 2 is 2.19 bits per heavy atom. The molecule has 1 aromatic carbocycles. The molecular formula is C15H21N5O. The van der Waals surface area contributed by atoms with Crippen LogP contribution < -0.4 is 11.1 Å². The zero-order chi connectivity index (χ0) is 15.4.